The van der Waals surface area contributed by atoms with Crippen LogP contribution >= 0.6 is 23.2 Å². The van der Waals surface area contributed by atoms with E-state index in [4.69, 9.17) is 27.9 Å². The van der Waals surface area contributed by atoms with E-state index in [2.05, 4.69) is 15.8 Å². The molecule has 0 saturated heterocycles. The zero-order valence-electron chi connectivity index (χ0n) is 20.6. The Hall–Kier alpha value is -3.60. The maximum atomic E-state index is 13.4. The Balaban J connectivity index is 1.68. The van der Waals surface area contributed by atoms with E-state index in [0.29, 0.717) is 11.3 Å². The molecule has 0 aromatic heterocycles. The van der Waals surface area contributed by atoms with E-state index in [9.17, 15) is 18.0 Å². The molecule has 0 atom stereocenters. The third-order valence-corrected chi connectivity index (χ3v) is 7.08. The van der Waals surface area contributed by atoms with Crippen molar-refractivity contribution in [2.45, 2.75) is 24.8 Å². The van der Waals surface area contributed by atoms with Crippen LogP contribution < -0.4 is 19.8 Å². The van der Waals surface area contributed by atoms with E-state index >= 15 is 0 Å². The number of sulfonamides is 1. The highest BCUT2D eigenvalue weighted by Crippen LogP contribution is 2.29. The molecule has 12 heteroatoms. The second-order valence-electron chi connectivity index (χ2n) is 8.33. The third-order valence-electron chi connectivity index (χ3n) is 4.86. The normalized spacial score (nSPS) is 11.4. The van der Waals surface area contributed by atoms with Crippen LogP contribution in [0.25, 0.3) is 0 Å². The van der Waals surface area contributed by atoms with Gasteiger partial charge in [0.1, 0.15) is 12.3 Å². The molecule has 0 fully saturated rings. The zero-order chi connectivity index (χ0) is 27.7. The lowest BCUT2D eigenvalue weighted by Gasteiger charge is -2.24. The molecule has 3 rings (SSSR count). The first-order valence-electron chi connectivity index (χ1n) is 11.4. The molecule has 0 saturated carbocycles. The quantitative estimate of drug-likeness (QED) is 0.261. The van der Waals surface area contributed by atoms with Crippen LogP contribution in [-0.2, 0) is 19.6 Å². The van der Waals surface area contributed by atoms with Crippen molar-refractivity contribution >= 4 is 56.9 Å². The third kappa shape index (κ3) is 8.47. The van der Waals surface area contributed by atoms with Gasteiger partial charge in [-0.3, -0.25) is 13.9 Å². The maximum Gasteiger partial charge on any atom is 0.264 e. The monoisotopic (exact) mass is 576 g/mol. The van der Waals surface area contributed by atoms with Crippen molar-refractivity contribution in [3.8, 4) is 5.75 Å². The lowest BCUT2D eigenvalue weighted by Crippen LogP contribution is -2.39. The highest BCUT2D eigenvalue weighted by atomic mass is 35.5. The summed E-state index contributed by atoms with van der Waals surface area (Å²) in [7, 11) is -4.12. The van der Waals surface area contributed by atoms with Crippen molar-refractivity contribution in [1.82, 2.24) is 10.7 Å². The number of carbonyl (C=O) groups excluding carboxylic acids is 2. The number of anilines is 1. The number of hydrogen-bond acceptors (Lipinski definition) is 6. The minimum Gasteiger partial charge on any atom is -0.484 e. The van der Waals surface area contributed by atoms with Gasteiger partial charge in [-0.15, -0.1) is 0 Å². The van der Waals surface area contributed by atoms with Crippen molar-refractivity contribution in [1.29, 1.82) is 0 Å². The van der Waals surface area contributed by atoms with E-state index in [-0.39, 0.29) is 39.2 Å². The summed E-state index contributed by atoms with van der Waals surface area (Å²) in [5.41, 5.74) is 3.10. The first kappa shape index (κ1) is 29.0. The molecular weight excluding hydrogens is 551 g/mol. The Bertz CT molecular complexity index is 1380. The molecule has 0 heterocycles. The van der Waals surface area contributed by atoms with Crippen molar-refractivity contribution in [3.63, 3.8) is 0 Å². The number of amides is 2. The van der Waals surface area contributed by atoms with E-state index in [1.807, 2.05) is 13.8 Å². The standard InChI is InChI=1S/C26H26Cl2N4O5S/c1-18(2)30-26(34)17-37-23-10-8-19(9-11-23)15-29-31-25(33)16-32(22-13-20(27)12-21(28)14-22)38(35,36)24-6-4-3-5-7-24/h3-15,18H,16-17H2,1-2H3,(H,30,34)(H,31,33)/b29-15-. The highest BCUT2D eigenvalue weighted by molar-refractivity contribution is 7.92. The second kappa shape index (κ2) is 13.3. The van der Waals surface area contributed by atoms with E-state index in [1.54, 1.807) is 42.5 Å². The molecule has 200 valence electrons. The number of benzene rings is 3. The molecule has 0 spiro atoms. The van der Waals surface area contributed by atoms with Crippen molar-refractivity contribution in [2.24, 2.45) is 5.10 Å². The average Bonchev–Trinajstić information content (AvgIpc) is 2.86. The summed E-state index contributed by atoms with van der Waals surface area (Å²) in [4.78, 5) is 24.4. The highest BCUT2D eigenvalue weighted by Gasteiger charge is 2.27. The lowest BCUT2D eigenvalue weighted by atomic mass is 10.2. The molecule has 2 N–H and O–H groups in total. The number of halogens is 2. The smallest absolute Gasteiger partial charge is 0.264 e. The van der Waals surface area contributed by atoms with Crippen LogP contribution in [0.3, 0.4) is 0 Å². The van der Waals surface area contributed by atoms with Gasteiger partial charge in [0.25, 0.3) is 21.8 Å². The summed E-state index contributed by atoms with van der Waals surface area (Å²) in [6.45, 7) is 3.03. The predicted octanol–water partition coefficient (Wildman–Crippen LogP) is 4.24. The minimum absolute atomic E-state index is 0.00334. The fraction of sp³-hybridized carbons (Fsp3) is 0.192. The van der Waals surface area contributed by atoms with E-state index < -0.39 is 22.5 Å². The van der Waals surface area contributed by atoms with Gasteiger partial charge >= 0.3 is 0 Å². The van der Waals surface area contributed by atoms with Crippen molar-refractivity contribution < 1.29 is 22.7 Å². The fourth-order valence-corrected chi connectivity index (χ4v) is 5.17. The number of rotatable bonds is 11. The van der Waals surface area contributed by atoms with Gasteiger partial charge in [-0.05, 0) is 74.0 Å². The van der Waals surface area contributed by atoms with E-state index in [1.165, 1.54) is 36.5 Å². The van der Waals surface area contributed by atoms with Crippen LogP contribution in [0, 0.1) is 0 Å². The molecule has 3 aromatic rings. The Labute approximate surface area is 231 Å². The first-order valence-corrected chi connectivity index (χ1v) is 13.6. The van der Waals surface area contributed by atoms with Gasteiger partial charge in [-0.25, -0.2) is 13.8 Å². The molecule has 0 aliphatic carbocycles. The van der Waals surface area contributed by atoms with E-state index in [0.717, 1.165) is 4.31 Å². The largest absolute Gasteiger partial charge is 0.484 e. The minimum atomic E-state index is -4.12. The Morgan fingerprint density at radius 2 is 1.61 bits per heavy atom. The molecular formula is C26H26Cl2N4O5S. The SMILES string of the molecule is CC(C)NC(=O)COc1ccc(/C=N\NC(=O)CN(c2cc(Cl)cc(Cl)c2)S(=O)(=O)c2ccccc2)cc1. The number of ether oxygens (including phenoxy) is 1. The number of hydrazone groups is 1. The Morgan fingerprint density at radius 1 is 0.974 bits per heavy atom. The maximum absolute atomic E-state index is 13.4. The molecule has 2 amide bonds. The molecule has 0 bridgehead atoms. The molecule has 9 nitrogen and oxygen atoms in total. The van der Waals surface area contributed by atoms with Crippen LogP contribution in [0.15, 0.2) is 82.8 Å². The second-order valence-corrected chi connectivity index (χ2v) is 11.1. The number of hydrogen-bond donors (Lipinski definition) is 2. The van der Waals surface area contributed by atoms with Crippen molar-refractivity contribution in [2.75, 3.05) is 17.5 Å². The van der Waals surface area contributed by atoms with Gasteiger partial charge in [0.2, 0.25) is 0 Å². The molecule has 0 unspecified atom stereocenters. The number of nitrogens with one attached hydrogen (secondary N) is 2. The Kier molecular flexibility index (Phi) is 10.1. The number of carbonyl (C=O) groups is 2. The summed E-state index contributed by atoms with van der Waals surface area (Å²) in [5.74, 6) is -0.420. The Morgan fingerprint density at radius 3 is 2.21 bits per heavy atom. The molecule has 0 aliphatic rings. The first-order chi connectivity index (χ1) is 18.0. The topological polar surface area (TPSA) is 117 Å². The van der Waals surface area contributed by atoms with Gasteiger partial charge in [0.05, 0.1) is 16.8 Å². The summed E-state index contributed by atoms with van der Waals surface area (Å²) < 4.78 is 33.0. The molecule has 38 heavy (non-hydrogen) atoms. The summed E-state index contributed by atoms with van der Waals surface area (Å²) in [6.07, 6.45) is 1.39. The van der Waals surface area contributed by atoms with Gasteiger partial charge in [-0.1, -0.05) is 41.4 Å². The molecule has 0 aliphatic heterocycles. The predicted molar refractivity (Wildman–Crippen MR) is 148 cm³/mol. The van der Waals surface area contributed by atoms with Crippen molar-refractivity contribution in [3.05, 3.63) is 88.4 Å². The molecule has 3 aromatic carbocycles. The summed E-state index contributed by atoms with van der Waals surface area (Å²) in [5, 5.41) is 7.07. The van der Waals surface area contributed by atoms with Crippen LogP contribution in [0.5, 0.6) is 5.75 Å². The van der Waals surface area contributed by atoms with Gasteiger partial charge < -0.3 is 10.1 Å². The van der Waals surface area contributed by atoms with Gasteiger partial charge in [0.15, 0.2) is 6.61 Å². The van der Waals surface area contributed by atoms with Gasteiger partial charge in [0, 0.05) is 16.1 Å². The summed E-state index contributed by atoms with van der Waals surface area (Å²) >= 11 is 12.2. The van der Waals surface area contributed by atoms with Crippen LogP contribution in [-0.4, -0.2) is 45.6 Å². The van der Waals surface area contributed by atoms with Crippen LogP contribution in [0.4, 0.5) is 5.69 Å². The number of nitrogens with zero attached hydrogens (tertiary/aromatic N) is 2. The zero-order valence-corrected chi connectivity index (χ0v) is 22.9. The van der Waals surface area contributed by atoms with Crippen LogP contribution in [0.2, 0.25) is 10.0 Å². The van der Waals surface area contributed by atoms with Gasteiger partial charge in [-0.2, -0.15) is 5.10 Å². The fourth-order valence-electron chi connectivity index (χ4n) is 3.23. The van der Waals surface area contributed by atoms with Crippen LogP contribution in [0.1, 0.15) is 19.4 Å². The summed E-state index contributed by atoms with van der Waals surface area (Å²) in [6, 6.07) is 18.7. The average molecular weight is 577 g/mol. The molecule has 0 radical (unpaired) electrons. The lowest BCUT2D eigenvalue weighted by molar-refractivity contribution is -0.123.